The molecular weight excluding hydrogens is 524 g/mol. The Labute approximate surface area is 247 Å². The number of aromatic nitrogens is 2. The maximum absolute atomic E-state index is 6.32. The van der Waals surface area contributed by atoms with Gasteiger partial charge in [-0.2, -0.15) is 0 Å². The Morgan fingerprint density at radius 1 is 0.581 bits per heavy atom. The molecule has 3 heteroatoms. The molecule has 204 valence electrons. The smallest absolute Gasteiger partial charge is 0.136 e. The fraction of sp³-hybridized carbons (Fsp3) is 0.100. The molecule has 0 aliphatic heterocycles. The predicted octanol–water partition coefficient (Wildman–Crippen LogP) is 8.94. The maximum Gasteiger partial charge on any atom is 0.136 e. The van der Waals surface area contributed by atoms with Crippen molar-refractivity contribution in [2.45, 2.75) is 25.7 Å². The molecule has 0 N–H and O–H groups in total. The molecule has 2 aliphatic rings. The number of fused-ring (bicyclic) bond motifs is 12. The molecule has 0 radical (unpaired) electrons. The first-order valence-electron chi connectivity index (χ1n) is 15.3. The Kier molecular flexibility index (Phi) is 4.67. The van der Waals surface area contributed by atoms with Crippen molar-refractivity contribution >= 4 is 72.7 Å². The lowest BCUT2D eigenvalue weighted by molar-refractivity contribution is 0.572. The Morgan fingerprint density at radius 3 is 2.33 bits per heavy atom. The number of para-hydroxylation sites is 2. The molecule has 5 aromatic carbocycles. The first-order valence-corrected chi connectivity index (χ1v) is 15.3. The first-order chi connectivity index (χ1) is 21.3. The van der Waals surface area contributed by atoms with E-state index in [1.54, 1.807) is 0 Å². The Hall–Kier alpha value is -5.28. The fourth-order valence-corrected chi connectivity index (χ4v) is 7.79. The van der Waals surface area contributed by atoms with Crippen LogP contribution in [0, 0.1) is 0 Å². The number of hydrogen-bond donors (Lipinski definition) is 0. The summed E-state index contributed by atoms with van der Waals surface area (Å²) in [5.41, 5.74) is 10.9. The normalized spacial score (nSPS) is 14.4. The third kappa shape index (κ3) is 3.14. The molecule has 0 atom stereocenters. The van der Waals surface area contributed by atoms with Gasteiger partial charge in [0.15, 0.2) is 0 Å². The van der Waals surface area contributed by atoms with Crippen LogP contribution in [0.3, 0.4) is 0 Å². The summed E-state index contributed by atoms with van der Waals surface area (Å²) in [6.07, 6.45) is 13.5. The maximum atomic E-state index is 6.32. The largest absolute Gasteiger partial charge is 0.456 e. The van der Waals surface area contributed by atoms with Crippen molar-refractivity contribution in [3.63, 3.8) is 0 Å². The van der Waals surface area contributed by atoms with Crippen LogP contribution < -0.4 is 10.6 Å². The Balaban J connectivity index is 1.33. The molecule has 0 spiro atoms. The summed E-state index contributed by atoms with van der Waals surface area (Å²) in [5, 5.41) is 8.84. The minimum atomic E-state index is 0.969. The van der Waals surface area contributed by atoms with Gasteiger partial charge in [0, 0.05) is 54.8 Å². The van der Waals surface area contributed by atoms with Gasteiger partial charge >= 0.3 is 0 Å². The summed E-state index contributed by atoms with van der Waals surface area (Å²) in [6.45, 7) is 0. The van der Waals surface area contributed by atoms with E-state index in [2.05, 4.69) is 131 Å². The van der Waals surface area contributed by atoms with Crippen molar-refractivity contribution in [2.24, 2.45) is 0 Å². The topological polar surface area (TPSA) is 23.0 Å². The average molecular weight is 553 g/mol. The molecule has 0 unspecified atom stereocenters. The van der Waals surface area contributed by atoms with Gasteiger partial charge in [0.1, 0.15) is 11.0 Å². The number of hydrogen-bond acceptors (Lipinski definition) is 1. The van der Waals surface area contributed by atoms with Crippen LogP contribution in [-0.4, -0.2) is 9.13 Å². The molecule has 0 bridgehead atoms. The molecule has 43 heavy (non-hydrogen) atoms. The summed E-state index contributed by atoms with van der Waals surface area (Å²) in [6, 6.07) is 35.7. The number of benzene rings is 5. The molecule has 10 rings (SSSR count). The van der Waals surface area contributed by atoms with E-state index in [4.69, 9.17) is 4.42 Å². The zero-order valence-electron chi connectivity index (χ0n) is 23.7. The molecule has 0 fully saturated rings. The van der Waals surface area contributed by atoms with Crippen LogP contribution in [0.2, 0.25) is 0 Å². The van der Waals surface area contributed by atoms with Crippen LogP contribution in [0.1, 0.15) is 30.5 Å². The molecule has 8 aromatic rings. The third-order valence-electron chi connectivity index (χ3n) is 9.59. The van der Waals surface area contributed by atoms with Crippen molar-refractivity contribution in [3.8, 4) is 11.4 Å². The highest BCUT2D eigenvalue weighted by molar-refractivity contribution is 6.22. The quantitative estimate of drug-likeness (QED) is 0.210. The van der Waals surface area contributed by atoms with Crippen LogP contribution in [-0.2, 0) is 6.42 Å². The second kappa shape index (κ2) is 8.62. The minimum absolute atomic E-state index is 0.969. The summed E-state index contributed by atoms with van der Waals surface area (Å²) in [5.74, 6) is 0. The Bertz CT molecular complexity index is 2610. The monoisotopic (exact) mass is 552 g/mol. The van der Waals surface area contributed by atoms with Gasteiger partial charge in [0.05, 0.1) is 16.6 Å². The Morgan fingerprint density at radius 2 is 1.37 bits per heavy atom. The van der Waals surface area contributed by atoms with Crippen molar-refractivity contribution in [1.82, 2.24) is 9.13 Å². The molecule has 3 heterocycles. The van der Waals surface area contributed by atoms with Crippen LogP contribution in [0.25, 0.3) is 84.1 Å². The highest BCUT2D eigenvalue weighted by atomic mass is 16.3. The van der Waals surface area contributed by atoms with Crippen molar-refractivity contribution in [3.05, 3.63) is 125 Å². The molecular formula is C40H28N2O. The zero-order chi connectivity index (χ0) is 28.1. The number of furan rings is 1. The van der Waals surface area contributed by atoms with E-state index in [-0.39, 0.29) is 0 Å². The molecule has 3 nitrogen and oxygen atoms in total. The summed E-state index contributed by atoms with van der Waals surface area (Å²) < 4.78 is 11.3. The van der Waals surface area contributed by atoms with Gasteiger partial charge in [-0.1, -0.05) is 66.8 Å². The van der Waals surface area contributed by atoms with Crippen molar-refractivity contribution in [1.29, 1.82) is 0 Å². The summed E-state index contributed by atoms with van der Waals surface area (Å²) in [4.78, 5) is 0. The zero-order valence-corrected chi connectivity index (χ0v) is 23.7. The van der Waals surface area contributed by atoms with E-state index in [0.717, 1.165) is 36.7 Å². The van der Waals surface area contributed by atoms with Crippen LogP contribution in [0.4, 0.5) is 0 Å². The minimum Gasteiger partial charge on any atom is -0.456 e. The van der Waals surface area contributed by atoms with Gasteiger partial charge in [-0.15, -0.1) is 0 Å². The number of nitrogens with zero attached hydrogens (tertiary/aromatic N) is 2. The van der Waals surface area contributed by atoms with E-state index < -0.39 is 0 Å². The van der Waals surface area contributed by atoms with Crippen molar-refractivity contribution in [2.75, 3.05) is 0 Å². The van der Waals surface area contributed by atoms with Crippen LogP contribution >= 0.6 is 0 Å². The highest BCUT2D eigenvalue weighted by Gasteiger charge is 2.21. The van der Waals surface area contributed by atoms with Crippen molar-refractivity contribution < 1.29 is 4.42 Å². The lowest BCUT2D eigenvalue weighted by atomic mass is 10.0. The average Bonchev–Trinajstić information content (AvgIpc) is 3.72. The molecule has 0 amide bonds. The molecule has 3 aromatic heterocycles. The summed E-state index contributed by atoms with van der Waals surface area (Å²) >= 11 is 0. The highest BCUT2D eigenvalue weighted by Crippen LogP contribution is 2.40. The second-order valence-electron chi connectivity index (χ2n) is 11.9. The van der Waals surface area contributed by atoms with E-state index in [9.17, 15) is 0 Å². The lowest BCUT2D eigenvalue weighted by Gasteiger charge is -2.13. The van der Waals surface area contributed by atoms with Crippen LogP contribution in [0.15, 0.2) is 108 Å². The second-order valence-corrected chi connectivity index (χ2v) is 11.9. The van der Waals surface area contributed by atoms with E-state index in [1.165, 1.54) is 76.7 Å². The van der Waals surface area contributed by atoms with Crippen LogP contribution in [0.5, 0.6) is 0 Å². The van der Waals surface area contributed by atoms with Gasteiger partial charge < -0.3 is 13.6 Å². The van der Waals surface area contributed by atoms with Gasteiger partial charge in [0.2, 0.25) is 0 Å². The van der Waals surface area contributed by atoms with Gasteiger partial charge in [0.25, 0.3) is 0 Å². The van der Waals surface area contributed by atoms with E-state index in [0.29, 0.717) is 0 Å². The number of rotatable bonds is 2. The molecule has 2 aliphatic carbocycles. The summed E-state index contributed by atoms with van der Waals surface area (Å²) in [7, 11) is 0. The molecule has 0 saturated carbocycles. The van der Waals surface area contributed by atoms with E-state index >= 15 is 0 Å². The SMILES string of the molecule is C1=Cc2c(n(-c3ccccc3)c3ccc(-n4c5ccccc5c5ccc6c(ccc7oc8c(c76)=CCCC=8)c54)cc23)CC1. The standard InChI is InChI=1S/C40H28N2O/c1-2-10-25(11-3-1)41-34-15-7-5-13-28(34)33-24-26(18-22-36(33)41)42-35-16-8-4-12-27(35)30-20-19-29-31(40(30)42)21-23-38-39(29)32-14-6-9-17-37(32)43-38/h1-5,8,10-14,16-24H,6-7,9,15H2. The van der Waals surface area contributed by atoms with Gasteiger partial charge in [-0.25, -0.2) is 0 Å². The van der Waals surface area contributed by atoms with Gasteiger partial charge in [-0.05, 0) is 85.7 Å². The number of allylic oxidation sites excluding steroid dienone is 1. The first kappa shape index (κ1) is 23.3. The van der Waals surface area contributed by atoms with E-state index in [1.807, 2.05) is 0 Å². The van der Waals surface area contributed by atoms with Gasteiger partial charge in [-0.3, -0.25) is 0 Å². The predicted molar refractivity (Wildman–Crippen MR) is 180 cm³/mol. The fourth-order valence-electron chi connectivity index (χ4n) is 7.79. The molecule has 0 saturated heterocycles. The third-order valence-corrected chi connectivity index (χ3v) is 9.59. The lowest BCUT2D eigenvalue weighted by Crippen LogP contribution is -2.22.